The lowest BCUT2D eigenvalue weighted by molar-refractivity contribution is -0.132. The van der Waals surface area contributed by atoms with Gasteiger partial charge < -0.3 is 15.5 Å². The van der Waals surface area contributed by atoms with Gasteiger partial charge in [-0.3, -0.25) is 4.79 Å². The maximum absolute atomic E-state index is 12.9. The van der Waals surface area contributed by atoms with E-state index < -0.39 is 0 Å². The predicted octanol–water partition coefficient (Wildman–Crippen LogP) is 4.52. The van der Waals surface area contributed by atoms with Crippen molar-refractivity contribution in [3.8, 4) is 11.5 Å². The summed E-state index contributed by atoms with van der Waals surface area (Å²) in [6.45, 7) is 8.60. The maximum Gasteiger partial charge on any atom is 0.224 e. The van der Waals surface area contributed by atoms with Crippen molar-refractivity contribution in [1.29, 1.82) is 0 Å². The number of aromatic hydroxyl groups is 2. The minimum absolute atomic E-state index is 0.0433. The van der Waals surface area contributed by atoms with Gasteiger partial charge in [0.2, 0.25) is 5.91 Å². The van der Waals surface area contributed by atoms with Crippen LogP contribution in [0.2, 0.25) is 0 Å². The van der Waals surface area contributed by atoms with Crippen molar-refractivity contribution in [2.45, 2.75) is 65.8 Å². The number of phenols is 2. The molecule has 0 radical (unpaired) electrons. The van der Waals surface area contributed by atoms with Crippen LogP contribution in [-0.4, -0.2) is 16.1 Å². The molecule has 1 aromatic carbocycles. The monoisotopic (exact) mass is 333 g/mol. The average Bonchev–Trinajstić information content (AvgIpc) is 2.49. The number of carbonyl (C=O) groups is 1. The molecule has 0 saturated heterocycles. The second-order valence-corrected chi connectivity index (χ2v) is 8.03. The second-order valence-electron chi connectivity index (χ2n) is 8.03. The van der Waals surface area contributed by atoms with Crippen LogP contribution in [0.4, 0.5) is 0 Å². The number of nitrogens with one attached hydrogen (secondary N) is 1. The standard InChI is InChI=1S/C20H31NO3/c1-13(2)12-20(4)10-6-5-7-16(20)19(24)21-14(3)15-8-9-17(22)18(23)11-15/h8-9,11,13-14,16,22-23H,5-7,10,12H2,1-4H3,(H,21,24). The molecule has 0 aliphatic heterocycles. The molecular formula is C20H31NO3. The summed E-state index contributed by atoms with van der Waals surface area (Å²) in [5, 5.41) is 22.2. The van der Waals surface area contributed by atoms with E-state index >= 15 is 0 Å². The molecule has 2 rings (SSSR count). The summed E-state index contributed by atoms with van der Waals surface area (Å²) in [6.07, 6.45) is 5.44. The third-order valence-corrected chi connectivity index (χ3v) is 5.38. The van der Waals surface area contributed by atoms with Crippen molar-refractivity contribution in [3.63, 3.8) is 0 Å². The second kappa shape index (κ2) is 7.45. The summed E-state index contributed by atoms with van der Waals surface area (Å²) in [5.41, 5.74) is 0.854. The molecule has 3 unspecified atom stereocenters. The Bertz CT molecular complexity index is 584. The van der Waals surface area contributed by atoms with E-state index in [1.54, 1.807) is 6.07 Å². The minimum Gasteiger partial charge on any atom is -0.504 e. The van der Waals surface area contributed by atoms with E-state index in [0.29, 0.717) is 5.92 Å². The summed E-state index contributed by atoms with van der Waals surface area (Å²) < 4.78 is 0. The Labute approximate surface area is 145 Å². The first kappa shape index (κ1) is 18.6. The zero-order valence-corrected chi connectivity index (χ0v) is 15.3. The molecule has 3 N–H and O–H groups in total. The SMILES string of the molecule is CC(C)CC1(C)CCCCC1C(=O)NC(C)c1ccc(O)c(O)c1. The normalized spacial score (nSPS) is 25.5. The minimum atomic E-state index is -0.200. The Morgan fingerprint density at radius 3 is 2.58 bits per heavy atom. The third kappa shape index (κ3) is 4.22. The van der Waals surface area contributed by atoms with Crippen LogP contribution in [0.25, 0.3) is 0 Å². The van der Waals surface area contributed by atoms with Gasteiger partial charge in [0, 0.05) is 5.92 Å². The van der Waals surface area contributed by atoms with Crippen LogP contribution in [0, 0.1) is 17.3 Å². The summed E-state index contributed by atoms with van der Waals surface area (Å²) in [6, 6.07) is 4.49. The van der Waals surface area contributed by atoms with Gasteiger partial charge in [-0.05, 0) is 55.2 Å². The van der Waals surface area contributed by atoms with Gasteiger partial charge in [0.25, 0.3) is 0 Å². The first-order valence-corrected chi connectivity index (χ1v) is 9.05. The molecule has 0 heterocycles. The molecule has 1 aliphatic rings. The predicted molar refractivity (Wildman–Crippen MR) is 95.8 cm³/mol. The fourth-order valence-electron chi connectivity index (χ4n) is 4.23. The topological polar surface area (TPSA) is 69.6 Å². The lowest BCUT2D eigenvalue weighted by atomic mass is 9.63. The molecule has 0 aromatic heterocycles. The lowest BCUT2D eigenvalue weighted by Gasteiger charge is -2.42. The Morgan fingerprint density at radius 1 is 1.25 bits per heavy atom. The molecule has 0 bridgehead atoms. The van der Waals surface area contributed by atoms with Crippen molar-refractivity contribution in [2.24, 2.45) is 17.3 Å². The van der Waals surface area contributed by atoms with Crippen LogP contribution in [0.15, 0.2) is 18.2 Å². The van der Waals surface area contributed by atoms with E-state index in [1.807, 2.05) is 6.92 Å². The Hall–Kier alpha value is -1.71. The molecule has 3 atom stereocenters. The molecular weight excluding hydrogens is 302 g/mol. The summed E-state index contributed by atoms with van der Waals surface area (Å²) in [4.78, 5) is 12.9. The van der Waals surface area contributed by atoms with Crippen molar-refractivity contribution in [1.82, 2.24) is 5.32 Å². The van der Waals surface area contributed by atoms with Crippen LogP contribution < -0.4 is 5.32 Å². The number of hydrogen-bond acceptors (Lipinski definition) is 3. The van der Waals surface area contributed by atoms with Gasteiger partial charge in [0.1, 0.15) is 0 Å². The van der Waals surface area contributed by atoms with Gasteiger partial charge in [0.05, 0.1) is 6.04 Å². The highest BCUT2D eigenvalue weighted by molar-refractivity contribution is 5.80. The fraction of sp³-hybridized carbons (Fsp3) is 0.650. The molecule has 1 aliphatic carbocycles. The van der Waals surface area contributed by atoms with Gasteiger partial charge in [-0.25, -0.2) is 0 Å². The highest BCUT2D eigenvalue weighted by atomic mass is 16.3. The van der Waals surface area contributed by atoms with Crippen molar-refractivity contribution in [2.75, 3.05) is 0 Å². The maximum atomic E-state index is 12.9. The molecule has 24 heavy (non-hydrogen) atoms. The van der Waals surface area contributed by atoms with E-state index in [-0.39, 0.29) is 34.8 Å². The number of amides is 1. The zero-order chi connectivity index (χ0) is 17.9. The molecule has 1 fully saturated rings. The Kier molecular flexibility index (Phi) is 5.79. The van der Waals surface area contributed by atoms with Crippen molar-refractivity contribution in [3.05, 3.63) is 23.8 Å². The van der Waals surface area contributed by atoms with Gasteiger partial charge in [0.15, 0.2) is 11.5 Å². The van der Waals surface area contributed by atoms with Crippen LogP contribution >= 0.6 is 0 Å². The third-order valence-electron chi connectivity index (χ3n) is 5.38. The average molecular weight is 333 g/mol. The fourth-order valence-corrected chi connectivity index (χ4v) is 4.23. The Balaban J connectivity index is 2.10. The summed E-state index contributed by atoms with van der Waals surface area (Å²) in [5.74, 6) is 0.430. The summed E-state index contributed by atoms with van der Waals surface area (Å²) >= 11 is 0. The highest BCUT2D eigenvalue weighted by Gasteiger charge is 2.41. The number of carbonyl (C=O) groups excluding carboxylic acids is 1. The largest absolute Gasteiger partial charge is 0.504 e. The van der Waals surface area contributed by atoms with E-state index in [2.05, 4.69) is 26.1 Å². The quantitative estimate of drug-likeness (QED) is 0.694. The van der Waals surface area contributed by atoms with E-state index in [9.17, 15) is 15.0 Å². The first-order valence-electron chi connectivity index (χ1n) is 9.05. The molecule has 1 amide bonds. The number of phenolic OH excluding ortho intramolecular Hbond substituents is 2. The van der Waals surface area contributed by atoms with E-state index in [1.165, 1.54) is 18.6 Å². The van der Waals surface area contributed by atoms with Crippen molar-refractivity contribution >= 4 is 5.91 Å². The smallest absolute Gasteiger partial charge is 0.224 e. The van der Waals surface area contributed by atoms with Gasteiger partial charge in [-0.2, -0.15) is 0 Å². The first-order chi connectivity index (χ1) is 11.2. The number of rotatable bonds is 5. The molecule has 4 nitrogen and oxygen atoms in total. The van der Waals surface area contributed by atoms with Gasteiger partial charge >= 0.3 is 0 Å². The van der Waals surface area contributed by atoms with Gasteiger partial charge in [-0.1, -0.05) is 39.7 Å². The lowest BCUT2D eigenvalue weighted by Crippen LogP contribution is -2.43. The van der Waals surface area contributed by atoms with Crippen molar-refractivity contribution < 1.29 is 15.0 Å². The molecule has 0 spiro atoms. The zero-order valence-electron chi connectivity index (χ0n) is 15.3. The summed E-state index contributed by atoms with van der Waals surface area (Å²) in [7, 11) is 0. The molecule has 134 valence electrons. The highest BCUT2D eigenvalue weighted by Crippen LogP contribution is 2.45. The molecule has 1 aromatic rings. The van der Waals surface area contributed by atoms with Crippen LogP contribution in [0.3, 0.4) is 0 Å². The van der Waals surface area contributed by atoms with Gasteiger partial charge in [-0.15, -0.1) is 0 Å². The Morgan fingerprint density at radius 2 is 1.96 bits per heavy atom. The number of hydrogen-bond donors (Lipinski definition) is 3. The van der Waals surface area contributed by atoms with Crippen LogP contribution in [0.5, 0.6) is 11.5 Å². The molecule has 4 heteroatoms. The molecule has 1 saturated carbocycles. The van der Waals surface area contributed by atoms with Crippen LogP contribution in [0.1, 0.15) is 71.4 Å². The van der Waals surface area contributed by atoms with E-state index in [0.717, 1.165) is 31.2 Å². The number of benzene rings is 1. The van der Waals surface area contributed by atoms with Crippen LogP contribution in [-0.2, 0) is 4.79 Å². The van der Waals surface area contributed by atoms with E-state index in [4.69, 9.17) is 0 Å².